The van der Waals surface area contributed by atoms with Crippen molar-refractivity contribution >= 4 is 0 Å². The number of nitrogens with two attached hydrogens (primary N) is 1. The fourth-order valence-corrected chi connectivity index (χ4v) is 3.54. The van der Waals surface area contributed by atoms with E-state index >= 15 is 0 Å². The maximum Gasteiger partial charge on any atom is 0.106 e. The van der Waals surface area contributed by atoms with Crippen molar-refractivity contribution in [2.45, 2.75) is 65.0 Å². The Kier molecular flexibility index (Phi) is 3.89. The van der Waals surface area contributed by atoms with Gasteiger partial charge in [0.15, 0.2) is 0 Å². The quantitative estimate of drug-likeness (QED) is 0.931. The lowest BCUT2D eigenvalue weighted by molar-refractivity contribution is 0.460. The largest absolute Gasteiger partial charge is 0.466 e. The predicted molar refractivity (Wildman–Crippen MR) is 83.3 cm³/mol. The Morgan fingerprint density at radius 2 is 2.00 bits per heavy atom. The molecular weight excluding hydrogens is 262 g/mol. The summed E-state index contributed by atoms with van der Waals surface area (Å²) in [6, 6.07) is 2.65. The van der Waals surface area contributed by atoms with Gasteiger partial charge < -0.3 is 10.2 Å². The first-order valence-electron chi connectivity index (χ1n) is 7.92. The summed E-state index contributed by atoms with van der Waals surface area (Å²) in [7, 11) is 0. The van der Waals surface area contributed by atoms with Crippen LogP contribution in [0.3, 0.4) is 0 Å². The van der Waals surface area contributed by atoms with Crippen LogP contribution in [0, 0.1) is 20.8 Å². The average molecular weight is 287 g/mol. The fourth-order valence-electron chi connectivity index (χ4n) is 3.54. The third-order valence-electron chi connectivity index (χ3n) is 4.78. The van der Waals surface area contributed by atoms with Crippen molar-refractivity contribution in [3.63, 3.8) is 0 Å². The molecule has 2 aromatic rings. The summed E-state index contributed by atoms with van der Waals surface area (Å²) in [5.74, 6) is 1.90. The minimum atomic E-state index is -0.0469. The monoisotopic (exact) mass is 287 g/mol. The minimum Gasteiger partial charge on any atom is -0.466 e. The molecule has 0 aliphatic heterocycles. The summed E-state index contributed by atoms with van der Waals surface area (Å²) < 4.78 is 7.82. The highest BCUT2D eigenvalue weighted by atomic mass is 16.3. The number of rotatable bonds is 4. The maximum atomic E-state index is 6.40. The van der Waals surface area contributed by atoms with Gasteiger partial charge in [0.05, 0.1) is 11.7 Å². The van der Waals surface area contributed by atoms with Gasteiger partial charge >= 0.3 is 0 Å². The van der Waals surface area contributed by atoms with Gasteiger partial charge in [0.2, 0.25) is 0 Å². The van der Waals surface area contributed by atoms with E-state index in [9.17, 15) is 0 Å². The topological polar surface area (TPSA) is 57.0 Å². The van der Waals surface area contributed by atoms with E-state index in [0.717, 1.165) is 29.2 Å². The van der Waals surface area contributed by atoms with Crippen molar-refractivity contribution in [3.8, 4) is 0 Å². The van der Waals surface area contributed by atoms with Gasteiger partial charge in [-0.2, -0.15) is 5.10 Å². The molecule has 0 radical (unpaired) electrons. The van der Waals surface area contributed by atoms with Gasteiger partial charge in [0, 0.05) is 24.2 Å². The molecule has 1 fully saturated rings. The lowest BCUT2D eigenvalue weighted by Crippen LogP contribution is -2.15. The summed E-state index contributed by atoms with van der Waals surface area (Å²) >= 11 is 0. The van der Waals surface area contributed by atoms with Crippen LogP contribution < -0.4 is 5.73 Å². The van der Waals surface area contributed by atoms with Crippen LogP contribution in [0.1, 0.15) is 66.1 Å². The van der Waals surface area contributed by atoms with E-state index in [2.05, 4.69) is 23.9 Å². The van der Waals surface area contributed by atoms with Crippen molar-refractivity contribution in [1.82, 2.24) is 9.78 Å². The van der Waals surface area contributed by atoms with Gasteiger partial charge in [-0.1, -0.05) is 12.8 Å². The van der Waals surface area contributed by atoms with Gasteiger partial charge in [0.25, 0.3) is 0 Å². The standard InChI is InChI=1S/C17H25N3O/c1-11-12(2)21-13(3)17(11)16(18)10-14-8-9-20(19-14)15-6-4-5-7-15/h8-9,15-16H,4-7,10,18H2,1-3H3. The second kappa shape index (κ2) is 5.68. The van der Waals surface area contributed by atoms with E-state index in [-0.39, 0.29) is 6.04 Å². The number of aryl methyl sites for hydroxylation is 2. The Morgan fingerprint density at radius 1 is 1.29 bits per heavy atom. The normalized spacial score (nSPS) is 17.5. The first-order chi connectivity index (χ1) is 10.1. The number of nitrogens with zero attached hydrogens (tertiary/aromatic N) is 2. The third kappa shape index (κ3) is 2.77. The molecule has 2 aromatic heterocycles. The van der Waals surface area contributed by atoms with Crippen LogP contribution in [0.25, 0.3) is 0 Å². The summed E-state index contributed by atoms with van der Waals surface area (Å²) in [4.78, 5) is 0. The van der Waals surface area contributed by atoms with E-state index in [0.29, 0.717) is 6.04 Å². The summed E-state index contributed by atoms with van der Waals surface area (Å²) in [5.41, 5.74) is 9.79. The van der Waals surface area contributed by atoms with E-state index in [1.807, 2.05) is 13.8 Å². The molecule has 0 bridgehead atoms. The van der Waals surface area contributed by atoms with Gasteiger partial charge in [-0.05, 0) is 45.2 Å². The third-order valence-corrected chi connectivity index (χ3v) is 4.78. The molecule has 1 saturated carbocycles. The lowest BCUT2D eigenvalue weighted by Gasteiger charge is -2.12. The van der Waals surface area contributed by atoms with E-state index in [4.69, 9.17) is 15.2 Å². The van der Waals surface area contributed by atoms with Crippen molar-refractivity contribution in [1.29, 1.82) is 0 Å². The smallest absolute Gasteiger partial charge is 0.106 e. The second-order valence-corrected chi connectivity index (χ2v) is 6.29. The molecule has 0 saturated heterocycles. The highest BCUT2D eigenvalue weighted by Gasteiger charge is 2.21. The molecule has 114 valence electrons. The average Bonchev–Trinajstić information content (AvgIpc) is 3.11. The number of furan rings is 1. The molecule has 3 rings (SSSR count). The molecule has 2 heterocycles. The molecule has 1 atom stereocenters. The maximum absolute atomic E-state index is 6.40. The fraction of sp³-hybridized carbons (Fsp3) is 0.588. The van der Waals surface area contributed by atoms with Crippen LogP contribution in [-0.4, -0.2) is 9.78 Å². The zero-order valence-electron chi connectivity index (χ0n) is 13.2. The minimum absolute atomic E-state index is 0.0469. The van der Waals surface area contributed by atoms with Crippen LogP contribution in [0.5, 0.6) is 0 Å². The van der Waals surface area contributed by atoms with Gasteiger partial charge in [-0.25, -0.2) is 0 Å². The van der Waals surface area contributed by atoms with Gasteiger partial charge in [-0.15, -0.1) is 0 Å². The number of hydrogen-bond donors (Lipinski definition) is 1. The van der Waals surface area contributed by atoms with Crippen LogP contribution in [-0.2, 0) is 6.42 Å². The van der Waals surface area contributed by atoms with E-state index in [1.54, 1.807) is 0 Å². The first kappa shape index (κ1) is 14.4. The molecule has 4 heteroatoms. The highest BCUT2D eigenvalue weighted by molar-refractivity contribution is 5.34. The van der Waals surface area contributed by atoms with Crippen LogP contribution in [0.15, 0.2) is 16.7 Å². The van der Waals surface area contributed by atoms with Crippen molar-refractivity contribution < 1.29 is 4.42 Å². The number of hydrogen-bond acceptors (Lipinski definition) is 3. The molecule has 1 unspecified atom stereocenters. The highest BCUT2D eigenvalue weighted by Crippen LogP contribution is 2.30. The molecule has 4 nitrogen and oxygen atoms in total. The Balaban J connectivity index is 1.74. The molecule has 1 aliphatic rings. The molecule has 21 heavy (non-hydrogen) atoms. The predicted octanol–water partition coefficient (Wildman–Crippen LogP) is 3.76. The van der Waals surface area contributed by atoms with E-state index in [1.165, 1.54) is 31.2 Å². The second-order valence-electron chi connectivity index (χ2n) is 6.29. The summed E-state index contributed by atoms with van der Waals surface area (Å²) in [6.45, 7) is 6.07. The molecule has 2 N–H and O–H groups in total. The van der Waals surface area contributed by atoms with Crippen LogP contribution in [0.2, 0.25) is 0 Å². The zero-order valence-corrected chi connectivity index (χ0v) is 13.2. The van der Waals surface area contributed by atoms with Crippen molar-refractivity contribution in [2.75, 3.05) is 0 Å². The van der Waals surface area contributed by atoms with Crippen LogP contribution in [0.4, 0.5) is 0 Å². The van der Waals surface area contributed by atoms with Crippen molar-refractivity contribution in [2.24, 2.45) is 5.73 Å². The van der Waals surface area contributed by atoms with Crippen molar-refractivity contribution in [3.05, 3.63) is 40.6 Å². The summed E-state index contributed by atoms with van der Waals surface area (Å²) in [5, 5.41) is 4.73. The Labute approximate surface area is 126 Å². The van der Waals surface area contributed by atoms with E-state index < -0.39 is 0 Å². The first-order valence-corrected chi connectivity index (χ1v) is 7.92. The van der Waals surface area contributed by atoms with Gasteiger partial charge in [0.1, 0.15) is 11.5 Å². The molecular formula is C17H25N3O. The lowest BCUT2D eigenvalue weighted by atomic mass is 9.99. The zero-order chi connectivity index (χ0) is 15.0. The Morgan fingerprint density at radius 3 is 2.62 bits per heavy atom. The number of aromatic nitrogens is 2. The molecule has 1 aliphatic carbocycles. The molecule has 0 aromatic carbocycles. The molecule has 0 amide bonds. The Bertz CT molecular complexity index is 620. The summed E-state index contributed by atoms with van der Waals surface area (Å²) in [6.07, 6.45) is 8.04. The Hall–Kier alpha value is -1.55. The van der Waals surface area contributed by atoms with Gasteiger partial charge in [-0.3, -0.25) is 4.68 Å². The molecule has 0 spiro atoms. The SMILES string of the molecule is Cc1oc(C)c(C(N)Cc2ccn(C3CCCC3)n2)c1C. The van der Waals surface area contributed by atoms with Crippen LogP contribution >= 0.6 is 0 Å².